The van der Waals surface area contributed by atoms with Crippen molar-refractivity contribution in [3.05, 3.63) is 23.3 Å². The van der Waals surface area contributed by atoms with Crippen LogP contribution in [0.1, 0.15) is 72.6 Å². The molecule has 29 heavy (non-hydrogen) atoms. The van der Waals surface area contributed by atoms with Gasteiger partial charge in [-0.3, -0.25) is 0 Å². The lowest BCUT2D eigenvalue weighted by molar-refractivity contribution is 0.0519. The fraction of sp³-hybridized carbons (Fsp3) is 0.619. The first kappa shape index (κ1) is 25.8. The van der Waals surface area contributed by atoms with Gasteiger partial charge in [0.15, 0.2) is 0 Å². The molecule has 0 heterocycles. The van der Waals surface area contributed by atoms with Crippen LogP contribution in [0.5, 0.6) is 11.5 Å². The maximum atomic E-state index is 12.4. The Bertz CT molecular complexity index is 636. The molecule has 0 unspecified atom stereocenters. The lowest BCUT2D eigenvalue weighted by Crippen LogP contribution is -2.12. The van der Waals surface area contributed by atoms with Crippen LogP contribution in [0.3, 0.4) is 0 Å². The molecule has 0 saturated carbocycles. The quantitative estimate of drug-likeness (QED) is 0.162. The van der Waals surface area contributed by atoms with Crippen molar-refractivity contribution in [1.82, 2.24) is 0 Å². The SMILES string of the molecule is CCOC(=O)c1cc(OCCCCCBr)c(C(=O)O)cc1OCCCCCCBr. The van der Waals surface area contributed by atoms with Crippen LogP contribution in [-0.4, -0.2) is 47.5 Å². The lowest BCUT2D eigenvalue weighted by Gasteiger charge is -2.15. The van der Waals surface area contributed by atoms with Gasteiger partial charge in [-0.2, -0.15) is 0 Å². The van der Waals surface area contributed by atoms with E-state index in [1.54, 1.807) is 6.92 Å². The number of esters is 1. The molecule has 0 aliphatic rings. The van der Waals surface area contributed by atoms with Gasteiger partial charge in [-0.1, -0.05) is 44.7 Å². The molecule has 0 radical (unpaired) electrons. The Morgan fingerprint density at radius 2 is 1.31 bits per heavy atom. The maximum absolute atomic E-state index is 12.4. The summed E-state index contributed by atoms with van der Waals surface area (Å²) in [4.78, 5) is 24.1. The third-order valence-electron chi connectivity index (χ3n) is 4.13. The summed E-state index contributed by atoms with van der Waals surface area (Å²) in [5.74, 6) is -1.31. The number of unbranched alkanes of at least 4 members (excludes halogenated alkanes) is 5. The number of carboxylic acids is 1. The molecule has 0 amide bonds. The van der Waals surface area contributed by atoms with E-state index in [1.807, 2.05) is 0 Å². The Balaban J connectivity index is 2.94. The Morgan fingerprint density at radius 1 is 0.828 bits per heavy atom. The van der Waals surface area contributed by atoms with Gasteiger partial charge in [0.05, 0.1) is 19.8 Å². The van der Waals surface area contributed by atoms with Gasteiger partial charge in [0.1, 0.15) is 22.6 Å². The highest BCUT2D eigenvalue weighted by atomic mass is 79.9. The van der Waals surface area contributed by atoms with E-state index in [0.29, 0.717) is 13.2 Å². The zero-order chi connectivity index (χ0) is 21.5. The van der Waals surface area contributed by atoms with Crippen LogP contribution in [0.25, 0.3) is 0 Å². The number of carbonyl (C=O) groups excluding carboxylic acids is 1. The van der Waals surface area contributed by atoms with Gasteiger partial charge in [0.25, 0.3) is 0 Å². The standard InChI is InChI=1S/C21H30Br2O6/c1-2-27-21(26)17-15-18(28-13-9-5-7-11-23)16(20(24)25)14-19(17)29-12-8-4-3-6-10-22/h14-15H,2-13H2,1H3,(H,24,25). The molecule has 164 valence electrons. The molecule has 1 N–H and O–H groups in total. The zero-order valence-corrected chi connectivity index (χ0v) is 20.1. The smallest absolute Gasteiger partial charge is 0.342 e. The van der Waals surface area contributed by atoms with Crippen LogP contribution >= 0.6 is 31.9 Å². The minimum Gasteiger partial charge on any atom is -0.493 e. The Hall–Kier alpha value is -1.28. The third kappa shape index (κ3) is 9.85. The van der Waals surface area contributed by atoms with E-state index in [4.69, 9.17) is 14.2 Å². The molecule has 0 aliphatic heterocycles. The van der Waals surface area contributed by atoms with Crippen LogP contribution in [0.15, 0.2) is 12.1 Å². The first-order valence-electron chi connectivity index (χ1n) is 10.0. The molecule has 1 rings (SSSR count). The second-order valence-corrected chi connectivity index (χ2v) is 8.01. The van der Waals surface area contributed by atoms with E-state index in [-0.39, 0.29) is 29.2 Å². The number of ether oxygens (including phenoxy) is 3. The molecule has 6 nitrogen and oxygen atoms in total. The van der Waals surface area contributed by atoms with Crippen molar-refractivity contribution in [2.45, 2.75) is 51.9 Å². The Morgan fingerprint density at radius 3 is 1.83 bits per heavy atom. The summed E-state index contributed by atoms with van der Waals surface area (Å²) >= 11 is 6.78. The number of benzene rings is 1. The molecular formula is C21H30Br2O6. The van der Waals surface area contributed by atoms with Gasteiger partial charge < -0.3 is 19.3 Å². The normalized spacial score (nSPS) is 10.6. The lowest BCUT2D eigenvalue weighted by atomic mass is 10.1. The molecular weight excluding hydrogens is 508 g/mol. The molecule has 0 aromatic heterocycles. The largest absolute Gasteiger partial charge is 0.493 e. The Kier molecular flexibility index (Phi) is 13.8. The number of carboxylic acid groups (broad SMARTS) is 1. The molecule has 0 saturated heterocycles. The highest BCUT2D eigenvalue weighted by Crippen LogP contribution is 2.30. The summed E-state index contributed by atoms with van der Waals surface area (Å²) in [7, 11) is 0. The molecule has 0 spiro atoms. The predicted molar refractivity (Wildman–Crippen MR) is 120 cm³/mol. The van der Waals surface area contributed by atoms with Crippen molar-refractivity contribution >= 4 is 43.8 Å². The summed E-state index contributed by atoms with van der Waals surface area (Å²) in [6.45, 7) is 2.72. The molecule has 8 heteroatoms. The highest BCUT2D eigenvalue weighted by molar-refractivity contribution is 9.09. The van der Waals surface area contributed by atoms with Crippen LogP contribution in [0.4, 0.5) is 0 Å². The zero-order valence-electron chi connectivity index (χ0n) is 16.9. The number of rotatable bonds is 16. The molecule has 0 fully saturated rings. The fourth-order valence-electron chi connectivity index (χ4n) is 2.62. The minimum atomic E-state index is -1.13. The van der Waals surface area contributed by atoms with Crippen molar-refractivity contribution in [2.75, 3.05) is 30.5 Å². The summed E-state index contributed by atoms with van der Waals surface area (Å²) in [6.07, 6.45) is 6.79. The number of alkyl halides is 2. The summed E-state index contributed by atoms with van der Waals surface area (Å²) in [5.41, 5.74) is 0.167. The van der Waals surface area contributed by atoms with Gasteiger partial charge >= 0.3 is 11.9 Å². The van der Waals surface area contributed by atoms with Crippen LogP contribution in [-0.2, 0) is 4.74 Å². The van der Waals surface area contributed by atoms with Crippen molar-refractivity contribution in [2.24, 2.45) is 0 Å². The molecule has 0 atom stereocenters. The topological polar surface area (TPSA) is 82.1 Å². The molecule has 1 aromatic rings. The first-order valence-corrected chi connectivity index (χ1v) is 12.2. The van der Waals surface area contributed by atoms with E-state index in [9.17, 15) is 14.7 Å². The van der Waals surface area contributed by atoms with E-state index < -0.39 is 11.9 Å². The third-order valence-corrected chi connectivity index (χ3v) is 5.25. The maximum Gasteiger partial charge on any atom is 0.342 e. The van der Waals surface area contributed by atoms with E-state index in [0.717, 1.165) is 55.6 Å². The number of hydrogen-bond donors (Lipinski definition) is 1. The van der Waals surface area contributed by atoms with Crippen molar-refractivity contribution in [3.63, 3.8) is 0 Å². The van der Waals surface area contributed by atoms with Gasteiger partial charge in [0.2, 0.25) is 0 Å². The monoisotopic (exact) mass is 536 g/mol. The van der Waals surface area contributed by atoms with Gasteiger partial charge in [0, 0.05) is 10.7 Å². The van der Waals surface area contributed by atoms with E-state index in [2.05, 4.69) is 31.9 Å². The summed E-state index contributed by atoms with van der Waals surface area (Å²) in [6, 6.07) is 2.78. The van der Waals surface area contributed by atoms with Crippen LogP contribution in [0.2, 0.25) is 0 Å². The molecule has 0 bridgehead atoms. The van der Waals surface area contributed by atoms with Crippen molar-refractivity contribution < 1.29 is 28.9 Å². The second-order valence-electron chi connectivity index (χ2n) is 6.42. The average molecular weight is 538 g/mol. The first-order chi connectivity index (χ1) is 14.0. The molecule has 1 aromatic carbocycles. The van der Waals surface area contributed by atoms with Gasteiger partial charge in [-0.15, -0.1) is 0 Å². The Labute approximate surface area is 189 Å². The number of aromatic carboxylic acids is 1. The second kappa shape index (κ2) is 15.5. The number of halogens is 2. The number of carbonyl (C=O) groups is 2. The van der Waals surface area contributed by atoms with Gasteiger partial charge in [-0.25, -0.2) is 9.59 Å². The predicted octanol–water partition coefficient (Wildman–Crippen LogP) is 5.84. The van der Waals surface area contributed by atoms with E-state index >= 15 is 0 Å². The number of hydrogen-bond acceptors (Lipinski definition) is 5. The fourth-order valence-corrected chi connectivity index (χ4v) is 3.41. The van der Waals surface area contributed by atoms with Gasteiger partial charge in [-0.05, 0) is 51.2 Å². The molecule has 0 aliphatic carbocycles. The van der Waals surface area contributed by atoms with E-state index in [1.165, 1.54) is 12.1 Å². The van der Waals surface area contributed by atoms with Crippen molar-refractivity contribution in [3.8, 4) is 11.5 Å². The van der Waals surface area contributed by atoms with Crippen LogP contribution in [0, 0.1) is 0 Å². The summed E-state index contributed by atoms with van der Waals surface area (Å²) < 4.78 is 16.5. The minimum absolute atomic E-state index is 0.0205. The highest BCUT2D eigenvalue weighted by Gasteiger charge is 2.22. The summed E-state index contributed by atoms with van der Waals surface area (Å²) in [5, 5.41) is 11.5. The average Bonchev–Trinajstić information content (AvgIpc) is 2.70. The van der Waals surface area contributed by atoms with Crippen molar-refractivity contribution in [1.29, 1.82) is 0 Å². The van der Waals surface area contributed by atoms with Crippen LogP contribution < -0.4 is 9.47 Å².